The van der Waals surface area contributed by atoms with E-state index in [0.717, 1.165) is 24.4 Å². The largest absolute Gasteiger partial charge is 0.355 e. The molecule has 0 saturated carbocycles. The second-order valence-corrected chi connectivity index (χ2v) is 6.08. The van der Waals surface area contributed by atoms with Crippen LogP contribution in [0.3, 0.4) is 0 Å². The molecule has 2 aromatic heterocycles. The third-order valence-corrected chi connectivity index (χ3v) is 4.57. The predicted octanol–water partition coefficient (Wildman–Crippen LogP) is 2.45. The minimum atomic E-state index is 0.112. The molecule has 19 heavy (non-hydrogen) atoms. The first kappa shape index (κ1) is 14.1. The molecule has 0 saturated heterocycles. The van der Waals surface area contributed by atoms with Gasteiger partial charge in [-0.1, -0.05) is 6.07 Å². The number of thioether (sulfide) groups is 1. The van der Waals surface area contributed by atoms with Gasteiger partial charge >= 0.3 is 0 Å². The first-order valence-corrected chi connectivity index (χ1v) is 8.23. The maximum atomic E-state index is 11.6. The lowest BCUT2D eigenvalue weighted by Gasteiger charge is -2.04. The zero-order valence-corrected chi connectivity index (χ0v) is 12.2. The maximum Gasteiger partial charge on any atom is 0.230 e. The van der Waals surface area contributed by atoms with E-state index >= 15 is 0 Å². The van der Waals surface area contributed by atoms with E-state index in [4.69, 9.17) is 0 Å². The molecule has 0 aromatic carbocycles. The van der Waals surface area contributed by atoms with Gasteiger partial charge in [0.15, 0.2) is 0 Å². The van der Waals surface area contributed by atoms with Crippen molar-refractivity contribution >= 4 is 29.0 Å². The van der Waals surface area contributed by atoms with E-state index in [9.17, 15) is 4.79 Å². The van der Waals surface area contributed by atoms with E-state index in [1.54, 1.807) is 29.3 Å². The number of aryl methyl sites for hydroxylation is 1. The predicted molar refractivity (Wildman–Crippen MR) is 80.4 cm³/mol. The molecule has 2 heterocycles. The van der Waals surface area contributed by atoms with Gasteiger partial charge in [0.05, 0.1) is 5.75 Å². The Labute approximate surface area is 121 Å². The Morgan fingerprint density at radius 2 is 2.47 bits per heavy atom. The summed E-state index contributed by atoms with van der Waals surface area (Å²) < 4.78 is 0. The number of aromatic amines is 1. The molecule has 0 bridgehead atoms. The minimum Gasteiger partial charge on any atom is -0.355 e. The van der Waals surface area contributed by atoms with Crippen molar-refractivity contribution in [2.45, 2.75) is 18.6 Å². The number of rotatable bonds is 8. The van der Waals surface area contributed by atoms with Crippen LogP contribution in [0.25, 0.3) is 0 Å². The molecule has 0 atom stereocenters. The molecule has 102 valence electrons. The van der Waals surface area contributed by atoms with Crippen LogP contribution in [0.2, 0.25) is 0 Å². The van der Waals surface area contributed by atoms with Crippen LogP contribution >= 0.6 is 23.1 Å². The molecule has 2 aromatic rings. The summed E-state index contributed by atoms with van der Waals surface area (Å²) in [5.41, 5.74) is 0. The summed E-state index contributed by atoms with van der Waals surface area (Å²) >= 11 is 3.39. The number of hydrogen-bond acceptors (Lipinski definition) is 4. The van der Waals surface area contributed by atoms with Gasteiger partial charge in [0.1, 0.15) is 5.82 Å². The van der Waals surface area contributed by atoms with Crippen LogP contribution in [0, 0.1) is 0 Å². The van der Waals surface area contributed by atoms with Crippen molar-refractivity contribution in [2.75, 3.05) is 12.3 Å². The Morgan fingerprint density at radius 3 is 3.21 bits per heavy atom. The molecular formula is C13H17N3OS2. The van der Waals surface area contributed by atoms with Crippen LogP contribution in [0.15, 0.2) is 29.9 Å². The van der Waals surface area contributed by atoms with Gasteiger partial charge < -0.3 is 10.3 Å². The standard InChI is InChI=1S/C13H17N3OS2/c17-13(10-18-9-11-3-2-8-19-11)16-5-1-4-12-14-6-7-15-12/h2-3,6-8H,1,4-5,9-10H2,(H,14,15)(H,16,17). The van der Waals surface area contributed by atoms with Gasteiger partial charge in [-0.2, -0.15) is 0 Å². The topological polar surface area (TPSA) is 57.8 Å². The van der Waals surface area contributed by atoms with Crippen LogP contribution in [0.1, 0.15) is 17.1 Å². The highest BCUT2D eigenvalue weighted by Crippen LogP contribution is 2.16. The lowest BCUT2D eigenvalue weighted by atomic mass is 10.3. The van der Waals surface area contributed by atoms with Crippen molar-refractivity contribution in [3.63, 3.8) is 0 Å². The lowest BCUT2D eigenvalue weighted by Crippen LogP contribution is -2.26. The number of amides is 1. The summed E-state index contributed by atoms with van der Waals surface area (Å²) in [5.74, 6) is 2.53. The van der Waals surface area contributed by atoms with Crippen molar-refractivity contribution in [1.29, 1.82) is 0 Å². The summed E-state index contributed by atoms with van der Waals surface area (Å²) in [4.78, 5) is 20.1. The second-order valence-electron chi connectivity index (χ2n) is 4.06. The number of aromatic nitrogens is 2. The summed E-state index contributed by atoms with van der Waals surface area (Å²) in [7, 11) is 0. The molecule has 0 spiro atoms. The van der Waals surface area contributed by atoms with Crippen molar-refractivity contribution in [3.05, 3.63) is 40.6 Å². The summed E-state index contributed by atoms with van der Waals surface area (Å²) in [6.07, 6.45) is 5.34. The molecule has 0 unspecified atom stereocenters. The second kappa shape index (κ2) is 8.01. The molecule has 0 fully saturated rings. The van der Waals surface area contributed by atoms with Crippen molar-refractivity contribution in [2.24, 2.45) is 0 Å². The fourth-order valence-corrected chi connectivity index (χ4v) is 3.31. The molecule has 0 aliphatic rings. The number of hydrogen-bond donors (Lipinski definition) is 2. The number of carbonyl (C=O) groups excluding carboxylic acids is 1. The molecular weight excluding hydrogens is 278 g/mol. The minimum absolute atomic E-state index is 0.112. The third-order valence-electron chi connectivity index (χ3n) is 2.52. The monoisotopic (exact) mass is 295 g/mol. The Morgan fingerprint density at radius 1 is 1.53 bits per heavy atom. The van der Waals surface area contributed by atoms with E-state index in [1.807, 2.05) is 12.3 Å². The quantitative estimate of drug-likeness (QED) is 0.736. The fraction of sp³-hybridized carbons (Fsp3) is 0.385. The molecule has 0 aliphatic carbocycles. The number of H-pyrrole nitrogens is 1. The smallest absolute Gasteiger partial charge is 0.230 e. The lowest BCUT2D eigenvalue weighted by molar-refractivity contribution is -0.118. The molecule has 2 N–H and O–H groups in total. The molecule has 2 rings (SSSR count). The van der Waals surface area contributed by atoms with E-state index in [0.29, 0.717) is 12.3 Å². The molecule has 0 radical (unpaired) electrons. The number of nitrogens with one attached hydrogen (secondary N) is 2. The van der Waals surface area contributed by atoms with Crippen LogP contribution in [0.5, 0.6) is 0 Å². The summed E-state index contributed by atoms with van der Waals surface area (Å²) in [6.45, 7) is 0.707. The van der Waals surface area contributed by atoms with Gasteiger partial charge in [-0.25, -0.2) is 4.98 Å². The Kier molecular flexibility index (Phi) is 5.97. The van der Waals surface area contributed by atoms with Gasteiger partial charge in [0, 0.05) is 36.0 Å². The molecule has 0 aliphatic heterocycles. The number of carbonyl (C=O) groups is 1. The van der Waals surface area contributed by atoms with Crippen molar-refractivity contribution in [3.8, 4) is 0 Å². The van der Waals surface area contributed by atoms with E-state index in [-0.39, 0.29) is 5.91 Å². The fourth-order valence-electron chi connectivity index (χ4n) is 1.61. The average Bonchev–Trinajstić information content (AvgIpc) is 3.07. The highest BCUT2D eigenvalue weighted by molar-refractivity contribution is 7.99. The number of nitrogens with zero attached hydrogens (tertiary/aromatic N) is 1. The summed E-state index contributed by atoms with van der Waals surface area (Å²) in [6, 6.07) is 4.13. The van der Waals surface area contributed by atoms with Gasteiger partial charge in [0.25, 0.3) is 0 Å². The van der Waals surface area contributed by atoms with Crippen LogP contribution in [-0.4, -0.2) is 28.2 Å². The zero-order chi connectivity index (χ0) is 13.3. The van der Waals surface area contributed by atoms with E-state index in [1.165, 1.54) is 4.88 Å². The van der Waals surface area contributed by atoms with E-state index < -0.39 is 0 Å². The summed E-state index contributed by atoms with van der Waals surface area (Å²) in [5, 5.41) is 4.99. The van der Waals surface area contributed by atoms with Gasteiger partial charge in [0.2, 0.25) is 5.91 Å². The van der Waals surface area contributed by atoms with Gasteiger partial charge in [-0.05, 0) is 17.9 Å². The number of thiophene rings is 1. The highest BCUT2D eigenvalue weighted by atomic mass is 32.2. The average molecular weight is 295 g/mol. The Bertz CT molecular complexity index is 468. The Balaban J connectivity index is 1.50. The van der Waals surface area contributed by atoms with Crippen molar-refractivity contribution < 1.29 is 4.79 Å². The highest BCUT2D eigenvalue weighted by Gasteiger charge is 2.02. The first-order valence-electron chi connectivity index (χ1n) is 6.19. The molecule has 4 nitrogen and oxygen atoms in total. The maximum absolute atomic E-state index is 11.6. The molecule has 6 heteroatoms. The van der Waals surface area contributed by atoms with Crippen LogP contribution < -0.4 is 5.32 Å². The number of imidazole rings is 1. The van der Waals surface area contributed by atoms with Crippen molar-refractivity contribution in [1.82, 2.24) is 15.3 Å². The first-order chi connectivity index (χ1) is 9.34. The third kappa shape index (κ3) is 5.48. The Hall–Kier alpha value is -1.27. The van der Waals surface area contributed by atoms with E-state index in [2.05, 4.69) is 26.7 Å². The normalized spacial score (nSPS) is 10.5. The molecule has 1 amide bonds. The zero-order valence-electron chi connectivity index (χ0n) is 10.6. The van der Waals surface area contributed by atoms with Gasteiger partial charge in [-0.3, -0.25) is 4.79 Å². The van der Waals surface area contributed by atoms with Crippen LogP contribution in [-0.2, 0) is 17.0 Å². The van der Waals surface area contributed by atoms with Gasteiger partial charge in [-0.15, -0.1) is 23.1 Å². The van der Waals surface area contributed by atoms with Crippen LogP contribution in [0.4, 0.5) is 0 Å². The SMILES string of the molecule is O=C(CSCc1cccs1)NCCCc1ncc[nH]1.